The first-order chi connectivity index (χ1) is 7.24. The second kappa shape index (κ2) is 4.50. The molecule has 0 fully saturated rings. The highest BCUT2D eigenvalue weighted by molar-refractivity contribution is 7.09. The first-order valence-electron chi connectivity index (χ1n) is 4.66. The van der Waals surface area contributed by atoms with Crippen LogP contribution in [0, 0.1) is 0 Å². The van der Waals surface area contributed by atoms with Crippen LogP contribution in [0.2, 0.25) is 0 Å². The summed E-state index contributed by atoms with van der Waals surface area (Å²) in [4.78, 5) is 6.41. The zero-order valence-electron chi connectivity index (χ0n) is 8.79. The van der Waals surface area contributed by atoms with Crippen LogP contribution in [0.25, 0.3) is 0 Å². The molecule has 0 aromatic carbocycles. The van der Waals surface area contributed by atoms with E-state index in [1.165, 1.54) is 0 Å². The van der Waals surface area contributed by atoms with E-state index in [1.54, 1.807) is 16.0 Å². The number of thiazole rings is 1. The van der Waals surface area contributed by atoms with Crippen molar-refractivity contribution in [2.24, 2.45) is 7.05 Å². The molecule has 0 aliphatic carbocycles. The lowest BCUT2D eigenvalue weighted by atomic mass is 10.4. The van der Waals surface area contributed by atoms with E-state index >= 15 is 0 Å². The molecule has 0 bridgehead atoms. The van der Waals surface area contributed by atoms with Crippen LogP contribution in [-0.2, 0) is 20.1 Å². The van der Waals surface area contributed by atoms with Crippen molar-refractivity contribution in [2.75, 3.05) is 7.05 Å². The Kier molecular flexibility index (Phi) is 3.08. The lowest BCUT2D eigenvalue weighted by molar-refractivity contribution is 0.314. The first kappa shape index (κ1) is 10.3. The number of nitrogens with zero attached hydrogens (tertiary/aromatic N) is 5. The van der Waals surface area contributed by atoms with E-state index in [9.17, 15) is 0 Å². The second-order valence-corrected chi connectivity index (χ2v) is 4.46. The highest BCUT2D eigenvalue weighted by Crippen LogP contribution is 2.08. The van der Waals surface area contributed by atoms with Crippen LogP contribution < -0.4 is 0 Å². The van der Waals surface area contributed by atoms with Gasteiger partial charge >= 0.3 is 0 Å². The van der Waals surface area contributed by atoms with Gasteiger partial charge in [0.15, 0.2) is 0 Å². The molecule has 6 heteroatoms. The fraction of sp³-hybridized carbons (Fsp3) is 0.444. The van der Waals surface area contributed by atoms with E-state index in [0.717, 1.165) is 23.8 Å². The maximum Gasteiger partial charge on any atom is 0.107 e. The van der Waals surface area contributed by atoms with Crippen molar-refractivity contribution in [1.29, 1.82) is 0 Å². The molecular formula is C9H13N5S. The lowest BCUT2D eigenvalue weighted by Crippen LogP contribution is -2.17. The van der Waals surface area contributed by atoms with Gasteiger partial charge in [-0.3, -0.25) is 9.58 Å². The molecule has 0 saturated carbocycles. The van der Waals surface area contributed by atoms with Gasteiger partial charge in [0, 0.05) is 31.4 Å². The van der Waals surface area contributed by atoms with Gasteiger partial charge in [-0.1, -0.05) is 5.21 Å². The fourth-order valence-corrected chi connectivity index (χ4v) is 2.06. The molecule has 0 N–H and O–H groups in total. The number of hydrogen-bond donors (Lipinski definition) is 0. The van der Waals surface area contributed by atoms with Gasteiger partial charge in [-0.2, -0.15) is 0 Å². The lowest BCUT2D eigenvalue weighted by Gasteiger charge is -2.12. The third-order valence-corrected chi connectivity index (χ3v) is 2.74. The third kappa shape index (κ3) is 2.84. The molecule has 0 saturated heterocycles. The summed E-state index contributed by atoms with van der Waals surface area (Å²) in [5.74, 6) is 0. The van der Waals surface area contributed by atoms with Crippen LogP contribution >= 0.6 is 11.3 Å². The standard InChI is InChI=1S/C9H13N5S/c1-13(7-9-10-3-4-15-9)5-8-6-14(2)12-11-8/h3-4,6H,5,7H2,1-2H3. The molecule has 15 heavy (non-hydrogen) atoms. The van der Waals surface area contributed by atoms with Crippen molar-refractivity contribution in [3.63, 3.8) is 0 Å². The Bertz CT molecular complexity index is 408. The predicted octanol–water partition coefficient (Wildman–Crippen LogP) is 0.904. The van der Waals surface area contributed by atoms with E-state index < -0.39 is 0 Å². The summed E-state index contributed by atoms with van der Waals surface area (Å²) in [5.41, 5.74) is 0.983. The maximum atomic E-state index is 4.24. The molecule has 2 rings (SSSR count). The van der Waals surface area contributed by atoms with Crippen molar-refractivity contribution in [2.45, 2.75) is 13.1 Å². The molecule has 0 radical (unpaired) electrons. The van der Waals surface area contributed by atoms with Crippen molar-refractivity contribution in [1.82, 2.24) is 24.9 Å². The molecule has 2 aromatic heterocycles. The molecule has 0 aliphatic rings. The van der Waals surface area contributed by atoms with Crippen molar-refractivity contribution in [3.05, 3.63) is 28.5 Å². The minimum Gasteiger partial charge on any atom is -0.294 e. The zero-order valence-corrected chi connectivity index (χ0v) is 9.61. The smallest absolute Gasteiger partial charge is 0.107 e. The van der Waals surface area contributed by atoms with Crippen LogP contribution in [-0.4, -0.2) is 31.9 Å². The van der Waals surface area contributed by atoms with Crippen LogP contribution in [0.5, 0.6) is 0 Å². The topological polar surface area (TPSA) is 46.8 Å². The summed E-state index contributed by atoms with van der Waals surface area (Å²) in [6.07, 6.45) is 3.76. The fourth-order valence-electron chi connectivity index (χ4n) is 1.36. The van der Waals surface area contributed by atoms with Crippen LogP contribution in [0.3, 0.4) is 0 Å². The quantitative estimate of drug-likeness (QED) is 0.772. The second-order valence-electron chi connectivity index (χ2n) is 3.48. The highest BCUT2D eigenvalue weighted by Gasteiger charge is 2.05. The summed E-state index contributed by atoms with van der Waals surface area (Å²) in [7, 11) is 3.92. The Hall–Kier alpha value is -1.27. The zero-order chi connectivity index (χ0) is 10.7. The molecule has 0 aliphatic heterocycles. The Morgan fingerprint density at radius 1 is 1.47 bits per heavy atom. The number of aromatic nitrogens is 4. The molecule has 2 aromatic rings. The van der Waals surface area contributed by atoms with E-state index in [4.69, 9.17) is 0 Å². The monoisotopic (exact) mass is 223 g/mol. The van der Waals surface area contributed by atoms with Crippen molar-refractivity contribution >= 4 is 11.3 Å². The maximum absolute atomic E-state index is 4.24. The summed E-state index contributed by atoms with van der Waals surface area (Å²) < 4.78 is 1.71. The van der Waals surface area contributed by atoms with Crippen LogP contribution in [0.1, 0.15) is 10.7 Å². The summed E-state index contributed by atoms with van der Waals surface area (Å²) in [6.45, 7) is 1.65. The molecule has 0 spiro atoms. The van der Waals surface area contributed by atoms with Crippen LogP contribution in [0.15, 0.2) is 17.8 Å². The normalized spacial score (nSPS) is 11.1. The molecule has 0 amide bonds. The minimum atomic E-state index is 0.799. The van der Waals surface area contributed by atoms with Gasteiger partial charge < -0.3 is 0 Å². The Morgan fingerprint density at radius 2 is 2.33 bits per heavy atom. The van der Waals surface area contributed by atoms with Crippen LogP contribution in [0.4, 0.5) is 0 Å². The van der Waals surface area contributed by atoms with Gasteiger partial charge in [-0.25, -0.2) is 4.98 Å². The molecular weight excluding hydrogens is 210 g/mol. The first-order valence-corrected chi connectivity index (χ1v) is 5.54. The summed E-state index contributed by atoms with van der Waals surface area (Å²) >= 11 is 1.67. The molecule has 2 heterocycles. The van der Waals surface area contributed by atoms with Crippen molar-refractivity contribution < 1.29 is 0 Å². The highest BCUT2D eigenvalue weighted by atomic mass is 32.1. The summed E-state index contributed by atoms with van der Waals surface area (Å²) in [5, 5.41) is 11.1. The predicted molar refractivity (Wildman–Crippen MR) is 58.3 cm³/mol. The Labute approximate surface area is 92.4 Å². The van der Waals surface area contributed by atoms with Gasteiger partial charge in [-0.15, -0.1) is 16.4 Å². The van der Waals surface area contributed by atoms with E-state index in [1.807, 2.05) is 24.8 Å². The molecule has 80 valence electrons. The van der Waals surface area contributed by atoms with Gasteiger partial charge in [0.1, 0.15) is 5.01 Å². The molecule has 0 unspecified atom stereocenters. The van der Waals surface area contributed by atoms with E-state index in [2.05, 4.69) is 27.2 Å². The SMILES string of the molecule is CN(Cc1cn(C)nn1)Cc1nccs1. The number of hydrogen-bond acceptors (Lipinski definition) is 5. The van der Waals surface area contributed by atoms with Crippen molar-refractivity contribution in [3.8, 4) is 0 Å². The Balaban J connectivity index is 1.90. The van der Waals surface area contributed by atoms with E-state index in [0.29, 0.717) is 0 Å². The number of rotatable bonds is 4. The molecule has 0 atom stereocenters. The Morgan fingerprint density at radius 3 is 2.93 bits per heavy atom. The average Bonchev–Trinajstić information content (AvgIpc) is 2.77. The average molecular weight is 223 g/mol. The largest absolute Gasteiger partial charge is 0.294 e. The summed E-state index contributed by atoms with van der Waals surface area (Å²) in [6, 6.07) is 0. The minimum absolute atomic E-state index is 0.799. The van der Waals surface area contributed by atoms with Gasteiger partial charge in [-0.05, 0) is 7.05 Å². The number of aryl methyl sites for hydroxylation is 1. The third-order valence-electron chi connectivity index (χ3n) is 1.97. The van der Waals surface area contributed by atoms with Gasteiger partial charge in [0.05, 0.1) is 12.2 Å². The van der Waals surface area contributed by atoms with Gasteiger partial charge in [0.25, 0.3) is 0 Å². The molecule has 5 nitrogen and oxygen atoms in total. The van der Waals surface area contributed by atoms with Gasteiger partial charge in [0.2, 0.25) is 0 Å². The van der Waals surface area contributed by atoms with E-state index in [-0.39, 0.29) is 0 Å².